The molecule has 1 nitrogen and oxygen atoms in total. The molecule has 0 bridgehead atoms. The fraction of sp³-hybridized carbons (Fsp3) is 0.143. The largest absolute Gasteiger partial charge is 0.488 e. The van der Waals surface area contributed by atoms with Crippen molar-refractivity contribution in [3.8, 4) is 5.75 Å². The summed E-state index contributed by atoms with van der Waals surface area (Å²) in [6, 6.07) is 12.4. The van der Waals surface area contributed by atoms with Gasteiger partial charge in [-0.05, 0) is 30.7 Å². The summed E-state index contributed by atoms with van der Waals surface area (Å²) in [5.41, 5.74) is 1.59. The monoisotopic (exact) mass is 294 g/mol. The molecule has 2 rings (SSSR count). The standard InChI is InChI=1S/C14H12BrFO/c1-10-6-7-12(15)8-14(10)17-9-11-4-2-3-5-13(11)16/h2-8H,9H2,1H3. The van der Waals surface area contributed by atoms with Crippen LogP contribution in [0.3, 0.4) is 0 Å². The number of rotatable bonds is 3. The molecule has 2 aromatic carbocycles. The van der Waals surface area contributed by atoms with Crippen molar-refractivity contribution in [2.45, 2.75) is 13.5 Å². The van der Waals surface area contributed by atoms with Crippen molar-refractivity contribution in [1.29, 1.82) is 0 Å². The quantitative estimate of drug-likeness (QED) is 0.811. The van der Waals surface area contributed by atoms with Crippen molar-refractivity contribution in [2.24, 2.45) is 0 Å². The van der Waals surface area contributed by atoms with Crippen LogP contribution in [0.25, 0.3) is 0 Å². The number of hydrogen-bond acceptors (Lipinski definition) is 1. The second-order valence-electron chi connectivity index (χ2n) is 3.79. The van der Waals surface area contributed by atoms with Crippen LogP contribution in [0.2, 0.25) is 0 Å². The van der Waals surface area contributed by atoms with Gasteiger partial charge in [-0.15, -0.1) is 0 Å². The van der Waals surface area contributed by atoms with Gasteiger partial charge in [-0.25, -0.2) is 4.39 Å². The summed E-state index contributed by atoms with van der Waals surface area (Å²) in [5, 5.41) is 0. The molecular formula is C14H12BrFO. The third-order valence-electron chi connectivity index (χ3n) is 2.49. The third kappa shape index (κ3) is 3.07. The van der Waals surface area contributed by atoms with Gasteiger partial charge in [0.15, 0.2) is 0 Å². The molecule has 0 aliphatic heterocycles. The SMILES string of the molecule is Cc1ccc(Br)cc1OCc1ccccc1F. The number of ether oxygens (including phenoxy) is 1. The van der Waals surface area contributed by atoms with Crippen LogP contribution in [0, 0.1) is 12.7 Å². The average Bonchev–Trinajstić information content (AvgIpc) is 2.32. The Morgan fingerprint density at radius 2 is 1.94 bits per heavy atom. The predicted octanol–water partition coefficient (Wildman–Crippen LogP) is 4.48. The minimum atomic E-state index is -0.236. The molecule has 2 aromatic rings. The normalized spacial score (nSPS) is 10.3. The Kier molecular flexibility index (Phi) is 3.79. The molecule has 0 aromatic heterocycles. The minimum absolute atomic E-state index is 0.236. The zero-order valence-electron chi connectivity index (χ0n) is 9.41. The summed E-state index contributed by atoms with van der Waals surface area (Å²) in [7, 11) is 0. The Labute approximate surface area is 108 Å². The molecule has 0 aliphatic rings. The van der Waals surface area contributed by atoms with Crippen molar-refractivity contribution in [3.05, 3.63) is 63.9 Å². The molecule has 0 radical (unpaired) electrons. The zero-order valence-corrected chi connectivity index (χ0v) is 11.0. The number of halogens is 2. The van der Waals surface area contributed by atoms with E-state index >= 15 is 0 Å². The Morgan fingerprint density at radius 3 is 2.71 bits per heavy atom. The number of hydrogen-bond donors (Lipinski definition) is 0. The molecule has 88 valence electrons. The van der Waals surface area contributed by atoms with Crippen LogP contribution < -0.4 is 4.74 Å². The highest BCUT2D eigenvalue weighted by Gasteiger charge is 2.04. The Balaban J connectivity index is 2.12. The van der Waals surface area contributed by atoms with Crippen LogP contribution in [-0.2, 0) is 6.61 Å². The van der Waals surface area contributed by atoms with E-state index in [1.807, 2.05) is 25.1 Å². The molecule has 0 amide bonds. The second-order valence-corrected chi connectivity index (χ2v) is 4.71. The molecule has 0 aliphatic carbocycles. The molecule has 0 atom stereocenters. The van der Waals surface area contributed by atoms with Gasteiger partial charge in [0.1, 0.15) is 18.2 Å². The first-order valence-electron chi connectivity index (χ1n) is 5.29. The highest BCUT2D eigenvalue weighted by molar-refractivity contribution is 9.10. The lowest BCUT2D eigenvalue weighted by atomic mass is 10.2. The molecule has 0 saturated heterocycles. The van der Waals surface area contributed by atoms with Gasteiger partial charge >= 0.3 is 0 Å². The molecule has 0 saturated carbocycles. The van der Waals surface area contributed by atoms with Gasteiger partial charge < -0.3 is 4.74 Å². The third-order valence-corrected chi connectivity index (χ3v) is 2.98. The van der Waals surface area contributed by atoms with E-state index < -0.39 is 0 Å². The lowest BCUT2D eigenvalue weighted by molar-refractivity contribution is 0.297. The van der Waals surface area contributed by atoms with Crippen LogP contribution >= 0.6 is 15.9 Å². The summed E-state index contributed by atoms with van der Waals surface area (Å²) in [6.45, 7) is 2.20. The van der Waals surface area contributed by atoms with Crippen molar-refractivity contribution >= 4 is 15.9 Å². The van der Waals surface area contributed by atoms with Crippen LogP contribution in [-0.4, -0.2) is 0 Å². The molecule has 0 unspecified atom stereocenters. The Morgan fingerprint density at radius 1 is 1.18 bits per heavy atom. The lowest BCUT2D eigenvalue weighted by Gasteiger charge is -2.10. The predicted molar refractivity (Wildman–Crippen MR) is 69.6 cm³/mol. The molecule has 0 fully saturated rings. The molecule has 0 heterocycles. The highest BCUT2D eigenvalue weighted by atomic mass is 79.9. The van der Waals surface area contributed by atoms with E-state index in [-0.39, 0.29) is 12.4 Å². The Hall–Kier alpha value is -1.35. The van der Waals surface area contributed by atoms with E-state index in [4.69, 9.17) is 4.74 Å². The van der Waals surface area contributed by atoms with Crippen LogP contribution in [0.5, 0.6) is 5.75 Å². The fourth-order valence-corrected chi connectivity index (χ4v) is 1.84. The highest BCUT2D eigenvalue weighted by Crippen LogP contribution is 2.24. The van der Waals surface area contributed by atoms with Gasteiger partial charge in [0, 0.05) is 10.0 Å². The van der Waals surface area contributed by atoms with E-state index in [1.165, 1.54) is 6.07 Å². The van der Waals surface area contributed by atoms with E-state index in [0.717, 1.165) is 15.8 Å². The molecule has 0 spiro atoms. The van der Waals surface area contributed by atoms with Crippen molar-refractivity contribution < 1.29 is 9.13 Å². The molecule has 0 N–H and O–H groups in total. The maximum Gasteiger partial charge on any atom is 0.129 e. The minimum Gasteiger partial charge on any atom is -0.488 e. The fourth-order valence-electron chi connectivity index (χ4n) is 1.50. The summed E-state index contributed by atoms with van der Waals surface area (Å²) in [6.07, 6.45) is 0. The topological polar surface area (TPSA) is 9.23 Å². The summed E-state index contributed by atoms with van der Waals surface area (Å²) >= 11 is 3.38. The molecule has 3 heteroatoms. The maximum atomic E-state index is 13.4. The molecule has 17 heavy (non-hydrogen) atoms. The Bertz CT molecular complexity index is 525. The van der Waals surface area contributed by atoms with E-state index in [0.29, 0.717) is 5.56 Å². The number of benzene rings is 2. The number of aryl methyl sites for hydroxylation is 1. The average molecular weight is 295 g/mol. The van der Waals surface area contributed by atoms with Crippen molar-refractivity contribution in [2.75, 3.05) is 0 Å². The van der Waals surface area contributed by atoms with E-state index in [2.05, 4.69) is 15.9 Å². The van der Waals surface area contributed by atoms with Gasteiger partial charge in [0.05, 0.1) is 0 Å². The first-order chi connectivity index (χ1) is 8.16. The summed E-state index contributed by atoms with van der Waals surface area (Å²) in [5.74, 6) is 0.530. The summed E-state index contributed by atoms with van der Waals surface area (Å²) in [4.78, 5) is 0. The van der Waals surface area contributed by atoms with Gasteiger partial charge in [0.2, 0.25) is 0 Å². The smallest absolute Gasteiger partial charge is 0.129 e. The van der Waals surface area contributed by atoms with Crippen LogP contribution in [0.15, 0.2) is 46.9 Å². The van der Waals surface area contributed by atoms with Crippen molar-refractivity contribution in [3.63, 3.8) is 0 Å². The first-order valence-corrected chi connectivity index (χ1v) is 6.08. The van der Waals surface area contributed by atoms with Gasteiger partial charge in [-0.1, -0.05) is 40.2 Å². The van der Waals surface area contributed by atoms with E-state index in [1.54, 1.807) is 18.2 Å². The second kappa shape index (κ2) is 5.32. The zero-order chi connectivity index (χ0) is 12.3. The van der Waals surface area contributed by atoms with Gasteiger partial charge in [-0.3, -0.25) is 0 Å². The van der Waals surface area contributed by atoms with Gasteiger partial charge in [-0.2, -0.15) is 0 Å². The summed E-state index contributed by atoms with van der Waals surface area (Å²) < 4.78 is 19.9. The van der Waals surface area contributed by atoms with Gasteiger partial charge in [0.25, 0.3) is 0 Å². The lowest BCUT2D eigenvalue weighted by Crippen LogP contribution is -1.99. The maximum absolute atomic E-state index is 13.4. The molecular weight excluding hydrogens is 283 g/mol. The van der Waals surface area contributed by atoms with Crippen molar-refractivity contribution in [1.82, 2.24) is 0 Å². The van der Waals surface area contributed by atoms with Crippen LogP contribution in [0.4, 0.5) is 4.39 Å². The van der Waals surface area contributed by atoms with Crippen LogP contribution in [0.1, 0.15) is 11.1 Å². The van der Waals surface area contributed by atoms with E-state index in [9.17, 15) is 4.39 Å². The first kappa shape index (κ1) is 12.1.